The molecule has 5 rings (SSSR count). The van der Waals surface area contributed by atoms with Gasteiger partial charge in [-0.15, -0.1) is 20.4 Å². The maximum absolute atomic E-state index is 5.90. The van der Waals surface area contributed by atoms with Gasteiger partial charge in [-0.3, -0.25) is 0 Å². The van der Waals surface area contributed by atoms with E-state index in [1.165, 1.54) is 24.6 Å². The van der Waals surface area contributed by atoms with Gasteiger partial charge >= 0.3 is 0 Å². The van der Waals surface area contributed by atoms with Gasteiger partial charge in [0.2, 0.25) is 5.89 Å². The van der Waals surface area contributed by atoms with Gasteiger partial charge in [0.15, 0.2) is 5.16 Å². The summed E-state index contributed by atoms with van der Waals surface area (Å²) in [6.45, 7) is 1.84. The molecule has 1 aliphatic rings. The number of hydrogen-bond donors (Lipinski definition) is 0. The molecule has 0 saturated heterocycles. The van der Waals surface area contributed by atoms with Crippen LogP contribution < -0.4 is 0 Å². The molecule has 0 atom stereocenters. The Labute approximate surface area is 165 Å². The molecular formula is C19H18N6O2S. The number of hydrogen-bond acceptors (Lipinski definition) is 8. The maximum atomic E-state index is 5.90. The van der Waals surface area contributed by atoms with Crippen molar-refractivity contribution in [2.75, 3.05) is 0 Å². The van der Waals surface area contributed by atoms with E-state index in [4.69, 9.17) is 8.94 Å². The van der Waals surface area contributed by atoms with E-state index in [0.29, 0.717) is 34.9 Å². The van der Waals surface area contributed by atoms with Crippen LogP contribution in [0, 0.1) is 6.92 Å². The smallest absolute Gasteiger partial charge is 0.253 e. The van der Waals surface area contributed by atoms with Gasteiger partial charge in [-0.25, -0.2) is 0 Å². The maximum Gasteiger partial charge on any atom is 0.253 e. The fraction of sp³-hybridized carbons (Fsp3) is 0.316. The molecule has 0 unspecified atom stereocenters. The second-order valence-electron chi connectivity index (χ2n) is 6.79. The Hall–Kier alpha value is -2.94. The number of rotatable bonds is 6. The highest BCUT2D eigenvalue weighted by Gasteiger charge is 2.29. The Balaban J connectivity index is 1.36. The van der Waals surface area contributed by atoms with Crippen LogP contribution in [-0.2, 0) is 12.8 Å². The van der Waals surface area contributed by atoms with Gasteiger partial charge < -0.3 is 13.5 Å². The molecule has 3 aromatic heterocycles. The Bertz CT molecular complexity index is 1110. The fourth-order valence-electron chi connectivity index (χ4n) is 3.11. The zero-order valence-electron chi connectivity index (χ0n) is 15.5. The number of aromatic nitrogens is 6. The first-order valence-electron chi connectivity index (χ1n) is 9.07. The average molecular weight is 394 g/mol. The van der Waals surface area contributed by atoms with Crippen molar-refractivity contribution >= 4 is 11.8 Å². The van der Waals surface area contributed by atoms with Crippen molar-refractivity contribution in [1.82, 2.24) is 30.1 Å². The summed E-state index contributed by atoms with van der Waals surface area (Å²) in [4.78, 5) is 0. The first-order chi connectivity index (χ1) is 13.7. The minimum Gasteiger partial charge on any atom is -0.420 e. The minimum atomic E-state index is 0.407. The lowest BCUT2D eigenvalue weighted by Gasteiger charge is -2.00. The number of thioether (sulfide) groups is 1. The Morgan fingerprint density at radius 1 is 1.11 bits per heavy atom. The third-order valence-electron chi connectivity index (χ3n) is 4.73. The molecule has 3 heterocycles. The highest BCUT2D eigenvalue weighted by Crippen LogP contribution is 2.40. The van der Waals surface area contributed by atoms with E-state index in [1.54, 1.807) is 0 Å². The lowest BCUT2D eigenvalue weighted by atomic mass is 10.1. The van der Waals surface area contributed by atoms with E-state index in [0.717, 1.165) is 22.1 Å². The first-order valence-corrected chi connectivity index (χ1v) is 10.1. The minimum absolute atomic E-state index is 0.407. The molecule has 28 heavy (non-hydrogen) atoms. The number of nitrogens with zero attached hydrogens (tertiary/aromatic N) is 6. The SMILES string of the molecule is Cc1onc(-c2ccccc2)c1-c1nnc(CSc2nnc(C3CC3)n2C)o1. The first kappa shape index (κ1) is 17.2. The fourth-order valence-corrected chi connectivity index (χ4v) is 3.86. The molecule has 0 radical (unpaired) electrons. The van der Waals surface area contributed by atoms with Gasteiger partial charge in [-0.1, -0.05) is 47.3 Å². The summed E-state index contributed by atoms with van der Waals surface area (Å²) in [6.07, 6.45) is 2.40. The van der Waals surface area contributed by atoms with Crippen LogP contribution in [0.2, 0.25) is 0 Å². The van der Waals surface area contributed by atoms with Gasteiger partial charge in [0, 0.05) is 18.5 Å². The van der Waals surface area contributed by atoms with Crippen LogP contribution in [0.3, 0.4) is 0 Å². The molecule has 1 aromatic carbocycles. The summed E-state index contributed by atoms with van der Waals surface area (Å²) in [5, 5.41) is 22.0. The molecule has 9 heteroatoms. The van der Waals surface area contributed by atoms with Gasteiger partial charge in [0.1, 0.15) is 22.8 Å². The van der Waals surface area contributed by atoms with E-state index in [-0.39, 0.29) is 0 Å². The van der Waals surface area contributed by atoms with Crippen molar-refractivity contribution in [3.8, 4) is 22.7 Å². The van der Waals surface area contributed by atoms with Crippen molar-refractivity contribution in [3.63, 3.8) is 0 Å². The van der Waals surface area contributed by atoms with Crippen LogP contribution >= 0.6 is 11.8 Å². The molecule has 0 aliphatic heterocycles. The van der Waals surface area contributed by atoms with Crippen LogP contribution in [0.15, 0.2) is 44.4 Å². The number of benzene rings is 1. The van der Waals surface area contributed by atoms with Crippen LogP contribution in [0.5, 0.6) is 0 Å². The Morgan fingerprint density at radius 2 is 1.93 bits per heavy atom. The molecule has 1 saturated carbocycles. The van der Waals surface area contributed by atoms with Gasteiger partial charge in [-0.05, 0) is 19.8 Å². The normalized spacial score (nSPS) is 13.9. The highest BCUT2D eigenvalue weighted by atomic mass is 32.2. The lowest BCUT2D eigenvalue weighted by molar-refractivity contribution is 0.399. The zero-order valence-corrected chi connectivity index (χ0v) is 16.3. The second kappa shape index (κ2) is 6.90. The van der Waals surface area contributed by atoms with Crippen molar-refractivity contribution in [1.29, 1.82) is 0 Å². The standard InChI is InChI=1S/C19H18N6O2S/c1-11-15(16(24-27-11)12-6-4-3-5-7-12)18-22-20-14(26-18)10-28-19-23-21-17(25(19)2)13-8-9-13/h3-7,13H,8-10H2,1-2H3. The van der Waals surface area contributed by atoms with Gasteiger partial charge in [0.05, 0.1) is 5.75 Å². The topological polar surface area (TPSA) is 95.7 Å². The number of aryl methyl sites for hydroxylation is 1. The van der Waals surface area contributed by atoms with Crippen LogP contribution in [0.4, 0.5) is 0 Å². The summed E-state index contributed by atoms with van der Waals surface area (Å²) in [5.74, 6) is 3.72. The average Bonchev–Trinajstić information content (AvgIpc) is 3.15. The van der Waals surface area contributed by atoms with E-state index in [9.17, 15) is 0 Å². The Kier molecular flexibility index (Phi) is 4.23. The van der Waals surface area contributed by atoms with Gasteiger partial charge in [0.25, 0.3) is 5.89 Å². The van der Waals surface area contributed by atoms with E-state index in [1.807, 2.05) is 44.3 Å². The molecule has 1 fully saturated rings. The predicted molar refractivity (Wildman–Crippen MR) is 103 cm³/mol. The molecule has 0 N–H and O–H groups in total. The Morgan fingerprint density at radius 3 is 2.71 bits per heavy atom. The molecule has 0 bridgehead atoms. The quantitative estimate of drug-likeness (QED) is 0.453. The largest absolute Gasteiger partial charge is 0.420 e. The molecule has 4 aromatic rings. The van der Waals surface area contributed by atoms with Gasteiger partial charge in [-0.2, -0.15) is 0 Å². The summed E-state index contributed by atoms with van der Waals surface area (Å²) in [5.41, 5.74) is 2.36. The lowest BCUT2D eigenvalue weighted by Crippen LogP contribution is -1.97. The molecule has 0 spiro atoms. The summed E-state index contributed by atoms with van der Waals surface area (Å²) < 4.78 is 13.3. The van der Waals surface area contributed by atoms with Crippen molar-refractivity contribution in [2.45, 2.75) is 36.6 Å². The van der Waals surface area contributed by atoms with Crippen molar-refractivity contribution in [3.05, 3.63) is 47.8 Å². The van der Waals surface area contributed by atoms with E-state index >= 15 is 0 Å². The molecule has 142 valence electrons. The van der Waals surface area contributed by atoms with Crippen molar-refractivity contribution < 1.29 is 8.94 Å². The second-order valence-corrected chi connectivity index (χ2v) is 7.73. The van der Waals surface area contributed by atoms with Crippen molar-refractivity contribution in [2.24, 2.45) is 7.05 Å². The van der Waals surface area contributed by atoms with E-state index < -0.39 is 0 Å². The monoisotopic (exact) mass is 394 g/mol. The summed E-state index contributed by atoms with van der Waals surface area (Å²) >= 11 is 1.54. The highest BCUT2D eigenvalue weighted by molar-refractivity contribution is 7.98. The molecule has 0 amide bonds. The van der Waals surface area contributed by atoms with Crippen LogP contribution in [-0.4, -0.2) is 30.1 Å². The summed E-state index contributed by atoms with van der Waals surface area (Å²) in [7, 11) is 2.00. The molecule has 8 nitrogen and oxygen atoms in total. The third kappa shape index (κ3) is 3.11. The third-order valence-corrected chi connectivity index (χ3v) is 5.73. The predicted octanol–water partition coefficient (Wildman–Crippen LogP) is 4.00. The van der Waals surface area contributed by atoms with Crippen LogP contribution in [0.1, 0.15) is 36.2 Å². The van der Waals surface area contributed by atoms with Crippen LogP contribution in [0.25, 0.3) is 22.7 Å². The summed E-state index contributed by atoms with van der Waals surface area (Å²) in [6, 6.07) is 9.81. The molecule has 1 aliphatic carbocycles. The zero-order chi connectivity index (χ0) is 19.1. The van der Waals surface area contributed by atoms with E-state index in [2.05, 4.69) is 30.1 Å². The molecular weight excluding hydrogens is 376 g/mol.